The van der Waals surface area contributed by atoms with Gasteiger partial charge >= 0.3 is 0 Å². The van der Waals surface area contributed by atoms with E-state index < -0.39 is 0 Å². The topological polar surface area (TPSA) is 78.4 Å². The Kier molecular flexibility index (Phi) is 5.63. The lowest BCUT2D eigenvalue weighted by atomic mass is 9.86. The molecule has 0 radical (unpaired) electrons. The Morgan fingerprint density at radius 1 is 1.11 bits per heavy atom. The molecule has 3 rings (SSSR count). The molecule has 148 valence electrons. The lowest BCUT2D eigenvalue weighted by molar-refractivity contribution is -0.119. The number of piperazine rings is 1. The third-order valence-electron chi connectivity index (χ3n) is 4.81. The standard InChI is InChI=1S/C21H27N5O2/c1-15-22-18(20(28)26-11-9-25(14-27)10-12-26)13-19(23-15)24-17-8-6-5-7-16(17)21(2,3)4/h5-8,13-14H,9-12H2,1-4H3,(H,22,23,24). The van der Waals surface area contributed by atoms with Gasteiger partial charge < -0.3 is 15.1 Å². The molecule has 28 heavy (non-hydrogen) atoms. The highest BCUT2D eigenvalue weighted by molar-refractivity contribution is 5.93. The number of aryl methyl sites for hydroxylation is 1. The maximum Gasteiger partial charge on any atom is 0.272 e. The van der Waals surface area contributed by atoms with Crippen molar-refractivity contribution in [3.8, 4) is 0 Å². The Hall–Kier alpha value is -2.96. The Morgan fingerprint density at radius 2 is 1.79 bits per heavy atom. The van der Waals surface area contributed by atoms with Crippen LogP contribution in [-0.2, 0) is 10.2 Å². The third kappa shape index (κ3) is 4.47. The van der Waals surface area contributed by atoms with Gasteiger partial charge in [-0.05, 0) is 24.0 Å². The highest BCUT2D eigenvalue weighted by Crippen LogP contribution is 2.31. The van der Waals surface area contributed by atoms with Gasteiger partial charge in [-0.1, -0.05) is 39.0 Å². The summed E-state index contributed by atoms with van der Waals surface area (Å²) in [4.78, 5) is 35.9. The molecular weight excluding hydrogens is 354 g/mol. The van der Waals surface area contributed by atoms with E-state index in [0.29, 0.717) is 43.5 Å². The van der Waals surface area contributed by atoms with Crippen LogP contribution in [0.5, 0.6) is 0 Å². The first-order chi connectivity index (χ1) is 13.3. The van der Waals surface area contributed by atoms with Crippen LogP contribution in [0, 0.1) is 6.92 Å². The predicted octanol–water partition coefficient (Wildman–Crippen LogP) is 2.74. The van der Waals surface area contributed by atoms with E-state index in [1.54, 1.807) is 22.8 Å². The molecular formula is C21H27N5O2. The molecule has 1 aliphatic rings. The zero-order chi connectivity index (χ0) is 20.3. The maximum atomic E-state index is 12.9. The maximum absolute atomic E-state index is 12.9. The first-order valence-electron chi connectivity index (χ1n) is 9.49. The van der Waals surface area contributed by atoms with Crippen molar-refractivity contribution in [2.75, 3.05) is 31.5 Å². The zero-order valence-corrected chi connectivity index (χ0v) is 16.9. The summed E-state index contributed by atoms with van der Waals surface area (Å²) < 4.78 is 0. The molecule has 0 saturated carbocycles. The molecule has 1 aromatic carbocycles. The molecule has 2 amide bonds. The zero-order valence-electron chi connectivity index (χ0n) is 16.9. The molecule has 7 heteroatoms. The normalized spacial score (nSPS) is 14.7. The van der Waals surface area contributed by atoms with Gasteiger partial charge in [-0.2, -0.15) is 0 Å². The Morgan fingerprint density at radius 3 is 2.43 bits per heavy atom. The molecule has 0 atom stereocenters. The number of amides is 2. The predicted molar refractivity (Wildman–Crippen MR) is 109 cm³/mol. The first kappa shape index (κ1) is 19.8. The second-order valence-corrected chi connectivity index (χ2v) is 8.04. The molecule has 0 bridgehead atoms. The monoisotopic (exact) mass is 381 g/mol. The number of para-hydroxylation sites is 1. The highest BCUT2D eigenvalue weighted by atomic mass is 16.2. The Balaban J connectivity index is 1.83. The number of anilines is 2. The number of benzene rings is 1. The van der Waals surface area contributed by atoms with E-state index in [-0.39, 0.29) is 11.3 Å². The van der Waals surface area contributed by atoms with Gasteiger partial charge in [0.05, 0.1) is 0 Å². The lowest BCUT2D eigenvalue weighted by Crippen LogP contribution is -2.48. The van der Waals surface area contributed by atoms with Crippen LogP contribution in [0.4, 0.5) is 11.5 Å². The number of rotatable bonds is 4. The van der Waals surface area contributed by atoms with Crippen LogP contribution in [0.2, 0.25) is 0 Å². The number of nitrogens with one attached hydrogen (secondary N) is 1. The minimum absolute atomic E-state index is 0.0252. The van der Waals surface area contributed by atoms with Crippen molar-refractivity contribution < 1.29 is 9.59 Å². The molecule has 0 aliphatic carbocycles. The Bertz CT molecular complexity index is 867. The van der Waals surface area contributed by atoms with E-state index in [1.165, 1.54) is 5.56 Å². The number of carbonyl (C=O) groups is 2. The van der Waals surface area contributed by atoms with Crippen LogP contribution in [0.15, 0.2) is 30.3 Å². The molecule has 0 spiro atoms. The number of hydrogen-bond donors (Lipinski definition) is 1. The van der Waals surface area contributed by atoms with Gasteiger partial charge in [-0.15, -0.1) is 0 Å². The minimum atomic E-state index is -0.136. The van der Waals surface area contributed by atoms with E-state index in [0.717, 1.165) is 12.1 Å². The second-order valence-electron chi connectivity index (χ2n) is 8.04. The summed E-state index contributed by atoms with van der Waals surface area (Å²) in [6.07, 6.45) is 0.825. The molecule has 2 heterocycles. The molecule has 7 nitrogen and oxygen atoms in total. The molecule has 2 aromatic rings. The minimum Gasteiger partial charge on any atom is -0.342 e. The van der Waals surface area contributed by atoms with Crippen molar-refractivity contribution in [2.45, 2.75) is 33.1 Å². The number of nitrogens with zero attached hydrogens (tertiary/aromatic N) is 4. The van der Waals surface area contributed by atoms with Crippen molar-refractivity contribution >= 4 is 23.8 Å². The van der Waals surface area contributed by atoms with Crippen LogP contribution in [0.25, 0.3) is 0 Å². The van der Waals surface area contributed by atoms with Crippen LogP contribution >= 0.6 is 0 Å². The second kappa shape index (κ2) is 7.96. The number of hydrogen-bond acceptors (Lipinski definition) is 5. The van der Waals surface area contributed by atoms with Crippen molar-refractivity contribution in [3.63, 3.8) is 0 Å². The van der Waals surface area contributed by atoms with Crippen LogP contribution in [-0.4, -0.2) is 58.3 Å². The third-order valence-corrected chi connectivity index (χ3v) is 4.81. The lowest BCUT2D eigenvalue weighted by Gasteiger charge is -2.32. The largest absolute Gasteiger partial charge is 0.342 e. The average Bonchev–Trinajstić information content (AvgIpc) is 2.66. The molecule has 0 unspecified atom stereocenters. The quantitative estimate of drug-likeness (QED) is 0.824. The summed E-state index contributed by atoms with van der Waals surface area (Å²) >= 11 is 0. The van der Waals surface area contributed by atoms with Gasteiger partial charge in [0.15, 0.2) is 0 Å². The number of carbonyl (C=O) groups excluding carboxylic acids is 2. The van der Waals surface area contributed by atoms with Gasteiger partial charge in [-0.25, -0.2) is 9.97 Å². The number of aromatic nitrogens is 2. The van der Waals surface area contributed by atoms with Gasteiger partial charge in [0.25, 0.3) is 5.91 Å². The smallest absolute Gasteiger partial charge is 0.272 e. The van der Waals surface area contributed by atoms with Crippen molar-refractivity contribution in [2.24, 2.45) is 0 Å². The fourth-order valence-electron chi connectivity index (χ4n) is 3.32. The van der Waals surface area contributed by atoms with E-state index in [4.69, 9.17) is 0 Å². The highest BCUT2D eigenvalue weighted by Gasteiger charge is 2.23. The van der Waals surface area contributed by atoms with E-state index in [1.807, 2.05) is 18.2 Å². The van der Waals surface area contributed by atoms with Crippen molar-refractivity contribution in [3.05, 3.63) is 47.4 Å². The van der Waals surface area contributed by atoms with E-state index in [2.05, 4.69) is 42.1 Å². The molecule has 1 fully saturated rings. The van der Waals surface area contributed by atoms with Crippen molar-refractivity contribution in [1.29, 1.82) is 0 Å². The fraction of sp³-hybridized carbons (Fsp3) is 0.429. The molecule has 1 N–H and O–H groups in total. The van der Waals surface area contributed by atoms with E-state index in [9.17, 15) is 9.59 Å². The summed E-state index contributed by atoms with van der Waals surface area (Å²) in [5, 5.41) is 3.36. The van der Waals surface area contributed by atoms with Crippen molar-refractivity contribution in [1.82, 2.24) is 19.8 Å². The molecule has 1 aliphatic heterocycles. The van der Waals surface area contributed by atoms with Gasteiger partial charge in [-0.3, -0.25) is 9.59 Å². The van der Waals surface area contributed by atoms with Crippen LogP contribution in [0.1, 0.15) is 42.6 Å². The summed E-state index contributed by atoms with van der Waals surface area (Å²) in [7, 11) is 0. The van der Waals surface area contributed by atoms with Gasteiger partial charge in [0.2, 0.25) is 6.41 Å². The summed E-state index contributed by atoms with van der Waals surface area (Å²) in [6, 6.07) is 9.79. The van der Waals surface area contributed by atoms with Gasteiger partial charge in [0, 0.05) is 37.9 Å². The fourth-order valence-corrected chi connectivity index (χ4v) is 3.32. The van der Waals surface area contributed by atoms with Gasteiger partial charge in [0.1, 0.15) is 17.3 Å². The summed E-state index contributed by atoms with van der Waals surface area (Å²) in [6.45, 7) is 10.4. The molecule has 1 saturated heterocycles. The summed E-state index contributed by atoms with van der Waals surface area (Å²) in [5.74, 6) is 0.996. The van der Waals surface area contributed by atoms with Crippen LogP contribution < -0.4 is 5.32 Å². The summed E-state index contributed by atoms with van der Waals surface area (Å²) in [5.41, 5.74) is 2.47. The SMILES string of the molecule is Cc1nc(Nc2ccccc2C(C)(C)C)cc(C(=O)N2CCN(C=O)CC2)n1. The Labute approximate surface area is 165 Å². The molecule has 1 aromatic heterocycles. The van der Waals surface area contributed by atoms with Crippen LogP contribution in [0.3, 0.4) is 0 Å². The van der Waals surface area contributed by atoms with E-state index >= 15 is 0 Å². The average molecular weight is 381 g/mol. The first-order valence-corrected chi connectivity index (χ1v) is 9.49.